The Morgan fingerprint density at radius 3 is 2.33 bits per heavy atom. The Hall–Kier alpha value is 0.470. The van der Waals surface area contributed by atoms with E-state index in [1.54, 1.807) is 0 Å². The van der Waals surface area contributed by atoms with Gasteiger partial charge in [0, 0.05) is 0 Å². The molecule has 3 saturated carbocycles. The molecule has 0 saturated heterocycles. The van der Waals surface area contributed by atoms with Gasteiger partial charge < -0.3 is 0 Å². The van der Waals surface area contributed by atoms with Gasteiger partial charge in [-0.3, -0.25) is 0 Å². The lowest BCUT2D eigenvalue weighted by Crippen LogP contribution is -2.38. The third-order valence-electron chi connectivity index (χ3n) is 4.59. The molecule has 84 valence electrons. The van der Waals surface area contributed by atoms with Gasteiger partial charge in [-0.05, 0) is 36.5 Å². The molecule has 2 bridgehead atoms. The van der Waals surface area contributed by atoms with Crippen LogP contribution in [0.25, 0.3) is 0 Å². The first kappa shape index (κ1) is 10.6. The van der Waals surface area contributed by atoms with Crippen molar-refractivity contribution >= 4 is 34.8 Å². The van der Waals surface area contributed by atoms with E-state index in [2.05, 4.69) is 5.18 Å². The smallest absolute Gasteiger partial charge is 0.112 e. The van der Waals surface area contributed by atoms with Crippen LogP contribution in [0.2, 0.25) is 0 Å². The third kappa shape index (κ3) is 1.25. The summed E-state index contributed by atoms with van der Waals surface area (Å²) in [5, 5.41) is 3.15. The SMILES string of the molecule is O=N[C@@H]1[C@H](Cl)[C@H]2C[C@@H]1[C@H]1[C@@H](Cl)[C@@H](Cl)C[C@@H]21. The minimum absolute atomic E-state index is 0.0000772. The van der Waals surface area contributed by atoms with Crippen molar-refractivity contribution in [2.75, 3.05) is 0 Å². The Morgan fingerprint density at radius 1 is 0.933 bits per heavy atom. The molecule has 8 atom stereocenters. The Bertz CT molecular complexity index is 300. The maximum Gasteiger partial charge on any atom is 0.112 e. The number of nitroso groups, excluding NO2 is 1. The quantitative estimate of drug-likeness (QED) is 0.530. The van der Waals surface area contributed by atoms with E-state index in [4.69, 9.17) is 34.8 Å². The molecule has 0 aromatic carbocycles. The van der Waals surface area contributed by atoms with Crippen LogP contribution in [0.5, 0.6) is 0 Å². The molecule has 0 radical (unpaired) electrons. The van der Waals surface area contributed by atoms with Gasteiger partial charge in [-0.25, -0.2) is 0 Å². The van der Waals surface area contributed by atoms with Crippen molar-refractivity contribution in [1.82, 2.24) is 0 Å². The van der Waals surface area contributed by atoms with Gasteiger partial charge in [0.15, 0.2) is 0 Å². The summed E-state index contributed by atoms with van der Waals surface area (Å²) >= 11 is 18.7. The fraction of sp³-hybridized carbons (Fsp3) is 1.00. The lowest BCUT2D eigenvalue weighted by molar-refractivity contribution is 0.240. The van der Waals surface area contributed by atoms with Crippen molar-refractivity contribution in [1.29, 1.82) is 0 Å². The first-order valence-corrected chi connectivity index (χ1v) is 6.70. The number of alkyl halides is 3. The summed E-state index contributed by atoms with van der Waals surface area (Å²) in [6.45, 7) is 0. The van der Waals surface area contributed by atoms with E-state index in [9.17, 15) is 4.91 Å². The van der Waals surface area contributed by atoms with Gasteiger partial charge in [0.2, 0.25) is 0 Å². The van der Waals surface area contributed by atoms with Gasteiger partial charge in [-0.1, -0.05) is 5.18 Å². The minimum Gasteiger partial charge on any atom is -0.150 e. The Morgan fingerprint density at radius 2 is 1.67 bits per heavy atom. The van der Waals surface area contributed by atoms with Gasteiger partial charge >= 0.3 is 0 Å². The molecule has 5 heteroatoms. The van der Waals surface area contributed by atoms with Crippen LogP contribution in [0.1, 0.15) is 12.8 Å². The van der Waals surface area contributed by atoms with Crippen LogP contribution >= 0.6 is 34.8 Å². The zero-order valence-corrected chi connectivity index (χ0v) is 10.3. The van der Waals surface area contributed by atoms with Crippen molar-refractivity contribution in [3.8, 4) is 0 Å². The summed E-state index contributed by atoms with van der Waals surface area (Å²) in [6, 6.07) is -0.235. The number of fused-ring (bicyclic) bond motifs is 5. The molecule has 0 aliphatic heterocycles. The largest absolute Gasteiger partial charge is 0.150 e. The van der Waals surface area contributed by atoms with Crippen LogP contribution in [-0.2, 0) is 0 Å². The zero-order chi connectivity index (χ0) is 10.7. The molecule has 0 aromatic heterocycles. The lowest BCUT2D eigenvalue weighted by atomic mass is 9.79. The number of hydrogen-bond acceptors (Lipinski definition) is 2. The molecule has 0 spiro atoms. The zero-order valence-electron chi connectivity index (χ0n) is 8.02. The summed E-state index contributed by atoms with van der Waals surface area (Å²) in [5.74, 6) is 1.60. The van der Waals surface area contributed by atoms with Gasteiger partial charge in [-0.15, -0.1) is 34.8 Å². The van der Waals surface area contributed by atoms with E-state index in [-0.39, 0.29) is 28.1 Å². The van der Waals surface area contributed by atoms with Gasteiger partial charge in [0.25, 0.3) is 0 Å². The summed E-state index contributed by atoms with van der Waals surface area (Å²) in [4.78, 5) is 10.8. The fourth-order valence-electron chi connectivity index (χ4n) is 4.04. The molecule has 0 amide bonds. The first-order chi connectivity index (χ1) is 7.15. The van der Waals surface area contributed by atoms with Crippen LogP contribution in [0.3, 0.4) is 0 Å². The second kappa shape index (κ2) is 3.48. The number of halogens is 3. The average molecular weight is 269 g/mol. The maximum atomic E-state index is 10.8. The van der Waals surface area contributed by atoms with Crippen molar-refractivity contribution in [3.63, 3.8) is 0 Å². The van der Waals surface area contributed by atoms with Crippen LogP contribution in [0.4, 0.5) is 0 Å². The predicted molar refractivity (Wildman–Crippen MR) is 61.7 cm³/mol. The van der Waals surface area contributed by atoms with Crippen molar-refractivity contribution in [2.24, 2.45) is 28.8 Å². The highest BCUT2D eigenvalue weighted by Gasteiger charge is 2.63. The normalized spacial score (nSPS) is 62.1. The van der Waals surface area contributed by atoms with E-state index in [1.165, 1.54) is 0 Å². The van der Waals surface area contributed by atoms with Crippen LogP contribution in [-0.4, -0.2) is 22.2 Å². The monoisotopic (exact) mass is 267 g/mol. The molecule has 3 fully saturated rings. The van der Waals surface area contributed by atoms with Crippen LogP contribution < -0.4 is 0 Å². The van der Waals surface area contributed by atoms with E-state index >= 15 is 0 Å². The molecule has 2 nitrogen and oxygen atoms in total. The standard InChI is InChI=1S/C10H12Cl3NO/c11-6-2-3-4-1-5(7(3)9(6)13)10(14-15)8(4)12/h3-10H,1-2H2/t3-,4-,5+,6-,7-,8+,9-,10-/m0/s1. The average Bonchev–Trinajstić information content (AvgIpc) is 2.79. The highest BCUT2D eigenvalue weighted by atomic mass is 35.5. The Labute approximate surface area is 104 Å². The molecule has 0 unspecified atom stereocenters. The molecule has 15 heavy (non-hydrogen) atoms. The third-order valence-corrected chi connectivity index (χ3v) is 6.34. The molecular formula is C10H12Cl3NO. The van der Waals surface area contributed by atoms with E-state index in [0.29, 0.717) is 17.8 Å². The highest BCUT2D eigenvalue weighted by molar-refractivity contribution is 6.30. The van der Waals surface area contributed by atoms with E-state index in [1.807, 2.05) is 0 Å². The molecule has 3 aliphatic rings. The highest BCUT2D eigenvalue weighted by Crippen LogP contribution is 2.62. The molecular weight excluding hydrogens is 256 g/mol. The summed E-state index contributed by atoms with van der Waals surface area (Å²) in [6.07, 6.45) is 1.98. The van der Waals surface area contributed by atoms with Crippen LogP contribution in [0.15, 0.2) is 5.18 Å². The fourth-order valence-corrected chi connectivity index (χ4v) is 5.42. The molecule has 0 heterocycles. The van der Waals surface area contributed by atoms with Gasteiger partial charge in [0.1, 0.15) is 6.04 Å². The van der Waals surface area contributed by atoms with Gasteiger partial charge in [0.05, 0.1) is 16.1 Å². The molecule has 3 aliphatic carbocycles. The second-order valence-corrected chi connectivity index (χ2v) is 6.61. The number of hydrogen-bond donors (Lipinski definition) is 0. The van der Waals surface area contributed by atoms with Gasteiger partial charge in [-0.2, -0.15) is 4.91 Å². The topological polar surface area (TPSA) is 29.4 Å². The van der Waals surface area contributed by atoms with Crippen molar-refractivity contribution in [3.05, 3.63) is 4.91 Å². The van der Waals surface area contributed by atoms with Crippen LogP contribution in [0, 0.1) is 28.6 Å². The Kier molecular flexibility index (Phi) is 2.46. The number of rotatable bonds is 1. The molecule has 0 aromatic rings. The minimum atomic E-state index is -0.235. The summed E-state index contributed by atoms with van der Waals surface area (Å²) < 4.78 is 0. The van der Waals surface area contributed by atoms with Crippen molar-refractivity contribution in [2.45, 2.75) is 35.0 Å². The molecule has 0 N–H and O–H groups in total. The second-order valence-electron chi connectivity index (χ2n) is 5.04. The summed E-state index contributed by atoms with van der Waals surface area (Å²) in [5.41, 5.74) is 0. The van der Waals surface area contributed by atoms with E-state index in [0.717, 1.165) is 12.8 Å². The first-order valence-electron chi connectivity index (χ1n) is 5.40. The molecule has 3 rings (SSSR count). The summed E-state index contributed by atoms with van der Waals surface area (Å²) in [7, 11) is 0. The predicted octanol–water partition coefficient (Wildman–Crippen LogP) is 3.23. The Balaban J connectivity index is 1.92. The van der Waals surface area contributed by atoms with E-state index < -0.39 is 0 Å². The lowest BCUT2D eigenvalue weighted by Gasteiger charge is -2.32. The van der Waals surface area contributed by atoms with Crippen molar-refractivity contribution < 1.29 is 0 Å². The number of nitrogens with zero attached hydrogens (tertiary/aromatic N) is 1. The maximum absolute atomic E-state index is 10.8.